The summed E-state index contributed by atoms with van der Waals surface area (Å²) in [6.45, 7) is 1.95. The molecule has 0 heterocycles. The second-order valence-electron chi connectivity index (χ2n) is 4.10. The number of esters is 1. The van der Waals surface area contributed by atoms with Crippen molar-refractivity contribution in [2.24, 2.45) is 0 Å². The molecular formula is C16H15ClO3. The van der Waals surface area contributed by atoms with Gasteiger partial charge >= 0.3 is 5.97 Å². The van der Waals surface area contributed by atoms with E-state index in [0.717, 1.165) is 11.1 Å². The average molecular weight is 291 g/mol. The summed E-state index contributed by atoms with van der Waals surface area (Å²) in [6, 6.07) is 15.4. The van der Waals surface area contributed by atoms with Crippen LogP contribution in [-0.4, -0.2) is 19.2 Å². The highest BCUT2D eigenvalue weighted by Gasteiger charge is 2.08. The minimum Gasteiger partial charge on any atom is -0.480 e. The van der Waals surface area contributed by atoms with E-state index in [1.165, 1.54) is 0 Å². The zero-order valence-electron chi connectivity index (χ0n) is 11.1. The molecule has 0 bridgehead atoms. The van der Waals surface area contributed by atoms with Crippen LogP contribution in [0.5, 0.6) is 5.75 Å². The largest absolute Gasteiger partial charge is 0.480 e. The third kappa shape index (κ3) is 3.75. The predicted molar refractivity (Wildman–Crippen MR) is 79.0 cm³/mol. The van der Waals surface area contributed by atoms with E-state index in [2.05, 4.69) is 0 Å². The Labute approximate surface area is 123 Å². The zero-order chi connectivity index (χ0) is 14.4. The smallest absolute Gasteiger partial charge is 0.344 e. The molecule has 0 atom stereocenters. The molecule has 0 unspecified atom stereocenters. The summed E-state index contributed by atoms with van der Waals surface area (Å²) in [6.07, 6.45) is 0. The van der Waals surface area contributed by atoms with E-state index in [1.54, 1.807) is 13.0 Å². The van der Waals surface area contributed by atoms with Gasteiger partial charge in [0.25, 0.3) is 0 Å². The number of rotatable bonds is 5. The molecule has 0 fully saturated rings. The maximum Gasteiger partial charge on any atom is 0.344 e. The summed E-state index contributed by atoms with van der Waals surface area (Å²) >= 11 is 6.16. The molecule has 0 saturated carbocycles. The number of hydrogen-bond acceptors (Lipinski definition) is 3. The van der Waals surface area contributed by atoms with Crippen LogP contribution in [-0.2, 0) is 9.53 Å². The Morgan fingerprint density at radius 2 is 1.85 bits per heavy atom. The van der Waals surface area contributed by atoms with E-state index < -0.39 is 5.97 Å². The van der Waals surface area contributed by atoms with Gasteiger partial charge < -0.3 is 9.47 Å². The molecular weight excluding hydrogens is 276 g/mol. The van der Waals surface area contributed by atoms with Crippen LogP contribution in [0.2, 0.25) is 5.02 Å². The molecule has 4 heteroatoms. The number of hydrogen-bond donors (Lipinski definition) is 0. The van der Waals surface area contributed by atoms with Crippen LogP contribution in [0.4, 0.5) is 0 Å². The van der Waals surface area contributed by atoms with E-state index >= 15 is 0 Å². The van der Waals surface area contributed by atoms with Crippen molar-refractivity contribution in [2.75, 3.05) is 13.2 Å². The van der Waals surface area contributed by atoms with Gasteiger partial charge in [-0.15, -0.1) is 0 Å². The average Bonchev–Trinajstić information content (AvgIpc) is 2.47. The van der Waals surface area contributed by atoms with Crippen molar-refractivity contribution in [2.45, 2.75) is 6.92 Å². The second kappa shape index (κ2) is 6.96. The molecule has 0 amide bonds. The fraction of sp³-hybridized carbons (Fsp3) is 0.188. The molecule has 0 aromatic heterocycles. The second-order valence-corrected chi connectivity index (χ2v) is 4.51. The summed E-state index contributed by atoms with van der Waals surface area (Å²) in [4.78, 5) is 11.2. The Hall–Kier alpha value is -2.00. The van der Waals surface area contributed by atoms with Crippen molar-refractivity contribution in [1.82, 2.24) is 0 Å². The van der Waals surface area contributed by atoms with E-state index in [4.69, 9.17) is 21.1 Å². The predicted octanol–water partition coefficient (Wildman–Crippen LogP) is 3.95. The third-order valence-corrected chi connectivity index (χ3v) is 2.99. The van der Waals surface area contributed by atoms with Crippen LogP contribution < -0.4 is 4.74 Å². The van der Waals surface area contributed by atoms with Crippen LogP contribution in [0.3, 0.4) is 0 Å². The van der Waals surface area contributed by atoms with Gasteiger partial charge in [0.05, 0.1) is 11.6 Å². The fourth-order valence-electron chi connectivity index (χ4n) is 1.77. The topological polar surface area (TPSA) is 35.5 Å². The number of ether oxygens (including phenoxy) is 2. The summed E-state index contributed by atoms with van der Waals surface area (Å²) in [7, 11) is 0. The molecule has 0 saturated heterocycles. The normalized spacial score (nSPS) is 10.1. The van der Waals surface area contributed by atoms with Crippen molar-refractivity contribution < 1.29 is 14.3 Å². The first-order chi connectivity index (χ1) is 9.70. The molecule has 0 spiro atoms. The summed E-state index contributed by atoms with van der Waals surface area (Å²) < 4.78 is 10.1. The number of halogens is 1. The van der Waals surface area contributed by atoms with Crippen LogP contribution in [0.1, 0.15) is 6.92 Å². The van der Waals surface area contributed by atoms with Gasteiger partial charge in [0.2, 0.25) is 0 Å². The highest BCUT2D eigenvalue weighted by atomic mass is 35.5. The van der Waals surface area contributed by atoms with E-state index in [9.17, 15) is 4.79 Å². The SMILES string of the molecule is CCOC(=O)COc1ccc(-c2ccccc2)cc1Cl. The third-order valence-electron chi connectivity index (χ3n) is 2.69. The minimum absolute atomic E-state index is 0.141. The molecule has 20 heavy (non-hydrogen) atoms. The molecule has 104 valence electrons. The minimum atomic E-state index is -0.407. The van der Waals surface area contributed by atoms with E-state index in [1.807, 2.05) is 42.5 Å². The van der Waals surface area contributed by atoms with Crippen LogP contribution >= 0.6 is 11.6 Å². The first-order valence-corrected chi connectivity index (χ1v) is 6.72. The van der Waals surface area contributed by atoms with Gasteiger partial charge in [-0.3, -0.25) is 0 Å². The number of carbonyl (C=O) groups excluding carboxylic acids is 1. The fourth-order valence-corrected chi connectivity index (χ4v) is 2.00. The van der Waals surface area contributed by atoms with Gasteiger partial charge in [-0.2, -0.15) is 0 Å². The monoisotopic (exact) mass is 290 g/mol. The van der Waals surface area contributed by atoms with Gasteiger partial charge in [-0.1, -0.05) is 48.0 Å². The lowest BCUT2D eigenvalue weighted by atomic mass is 10.1. The van der Waals surface area contributed by atoms with Crippen LogP contribution in [0.15, 0.2) is 48.5 Å². The van der Waals surface area contributed by atoms with Crippen molar-refractivity contribution in [1.29, 1.82) is 0 Å². The van der Waals surface area contributed by atoms with Gasteiger partial charge in [-0.25, -0.2) is 4.79 Å². The maximum atomic E-state index is 11.2. The van der Waals surface area contributed by atoms with E-state index in [0.29, 0.717) is 17.4 Å². The summed E-state index contributed by atoms with van der Waals surface area (Å²) in [5.41, 5.74) is 2.07. The first-order valence-electron chi connectivity index (χ1n) is 6.34. The molecule has 2 rings (SSSR count). The Morgan fingerprint density at radius 1 is 1.10 bits per heavy atom. The van der Waals surface area contributed by atoms with E-state index in [-0.39, 0.29) is 6.61 Å². The molecule has 0 aliphatic heterocycles. The van der Waals surface area contributed by atoms with Crippen molar-refractivity contribution in [3.05, 3.63) is 53.6 Å². The Kier molecular flexibility index (Phi) is 5.02. The molecule has 0 aliphatic carbocycles. The van der Waals surface area contributed by atoms with Gasteiger partial charge in [0.15, 0.2) is 6.61 Å². The van der Waals surface area contributed by atoms with Crippen LogP contribution in [0.25, 0.3) is 11.1 Å². The quantitative estimate of drug-likeness (QED) is 0.782. The Bertz CT molecular complexity index is 582. The molecule has 0 radical (unpaired) electrons. The Balaban J connectivity index is 2.08. The number of carbonyl (C=O) groups is 1. The van der Waals surface area contributed by atoms with Crippen molar-refractivity contribution >= 4 is 17.6 Å². The lowest BCUT2D eigenvalue weighted by molar-refractivity contribution is -0.145. The lowest BCUT2D eigenvalue weighted by Crippen LogP contribution is -2.14. The van der Waals surface area contributed by atoms with Crippen molar-refractivity contribution in [3.8, 4) is 16.9 Å². The standard InChI is InChI=1S/C16H15ClO3/c1-2-19-16(18)11-20-15-9-8-13(10-14(15)17)12-6-4-3-5-7-12/h3-10H,2,11H2,1H3. The lowest BCUT2D eigenvalue weighted by Gasteiger charge is -2.09. The first kappa shape index (κ1) is 14.4. The molecule has 2 aromatic rings. The van der Waals surface area contributed by atoms with Gasteiger partial charge in [-0.05, 0) is 30.2 Å². The molecule has 3 nitrogen and oxygen atoms in total. The molecule has 0 aliphatic rings. The maximum absolute atomic E-state index is 11.2. The van der Waals surface area contributed by atoms with Crippen LogP contribution in [0, 0.1) is 0 Å². The van der Waals surface area contributed by atoms with Crippen molar-refractivity contribution in [3.63, 3.8) is 0 Å². The highest BCUT2D eigenvalue weighted by Crippen LogP contribution is 2.30. The molecule has 2 aromatic carbocycles. The Morgan fingerprint density at radius 3 is 2.50 bits per heavy atom. The molecule has 0 N–H and O–H groups in total. The summed E-state index contributed by atoms with van der Waals surface area (Å²) in [5, 5.41) is 0.468. The summed E-state index contributed by atoms with van der Waals surface area (Å²) in [5.74, 6) is 0.0649. The highest BCUT2D eigenvalue weighted by molar-refractivity contribution is 6.32. The zero-order valence-corrected chi connectivity index (χ0v) is 11.9. The van der Waals surface area contributed by atoms with Gasteiger partial charge in [0, 0.05) is 0 Å². The van der Waals surface area contributed by atoms with Gasteiger partial charge in [0.1, 0.15) is 5.75 Å². The number of benzene rings is 2.